The molecule has 2 N–H and O–H groups in total. The van der Waals surface area contributed by atoms with Crippen molar-refractivity contribution in [3.63, 3.8) is 0 Å². The minimum atomic E-state index is -0.792. The molecule has 1 aromatic carbocycles. The summed E-state index contributed by atoms with van der Waals surface area (Å²) >= 11 is 1.44. The smallest absolute Gasteiger partial charge is 0.374 e. The van der Waals surface area contributed by atoms with Crippen molar-refractivity contribution in [1.29, 1.82) is 0 Å². The second kappa shape index (κ2) is 7.20. The lowest BCUT2D eigenvalue weighted by molar-refractivity contribution is -0.123. The van der Waals surface area contributed by atoms with Crippen LogP contribution in [-0.4, -0.2) is 35.5 Å². The normalized spacial score (nSPS) is 13.3. The Hall–Kier alpha value is -3.20. The number of thiazole rings is 1. The Morgan fingerprint density at radius 2 is 2.00 bits per heavy atom. The summed E-state index contributed by atoms with van der Waals surface area (Å²) in [6.45, 7) is -0.575. The number of amides is 3. The van der Waals surface area contributed by atoms with Gasteiger partial charge >= 0.3 is 12.0 Å². The molecule has 0 radical (unpaired) electrons. The van der Waals surface area contributed by atoms with Gasteiger partial charge < -0.3 is 14.5 Å². The number of ether oxygens (including phenoxy) is 1. The third-order valence-electron chi connectivity index (χ3n) is 3.81. The third-order valence-corrected chi connectivity index (χ3v) is 4.86. The van der Waals surface area contributed by atoms with E-state index in [2.05, 4.69) is 15.6 Å². The van der Waals surface area contributed by atoms with Gasteiger partial charge in [0.15, 0.2) is 17.4 Å². The van der Waals surface area contributed by atoms with Gasteiger partial charge in [0.25, 0.3) is 5.91 Å². The van der Waals surface area contributed by atoms with Crippen molar-refractivity contribution in [2.24, 2.45) is 0 Å². The van der Waals surface area contributed by atoms with Gasteiger partial charge in [0, 0.05) is 6.04 Å². The first-order valence-corrected chi connectivity index (χ1v) is 9.13. The molecule has 0 saturated heterocycles. The van der Waals surface area contributed by atoms with Crippen molar-refractivity contribution < 1.29 is 23.5 Å². The summed E-state index contributed by atoms with van der Waals surface area (Å²) < 4.78 is 11.4. The van der Waals surface area contributed by atoms with Crippen LogP contribution in [0.25, 0.3) is 21.0 Å². The molecule has 2 heterocycles. The minimum Gasteiger partial charge on any atom is -0.450 e. The fourth-order valence-electron chi connectivity index (χ4n) is 2.35. The second-order valence-electron chi connectivity index (χ2n) is 6.02. The van der Waals surface area contributed by atoms with Crippen LogP contribution >= 0.6 is 11.3 Å². The first-order chi connectivity index (χ1) is 13.1. The Labute approximate surface area is 157 Å². The summed E-state index contributed by atoms with van der Waals surface area (Å²) in [5, 5.41) is 5.34. The van der Waals surface area contributed by atoms with E-state index >= 15 is 0 Å². The van der Waals surface area contributed by atoms with Crippen molar-refractivity contribution in [3.05, 3.63) is 42.2 Å². The standard InChI is InChI=1S/C18H15N3O5S/c22-15(21-18(24)19-10-5-6-10)9-25-17(23)13-8-7-12(26-13)16-20-11-3-1-2-4-14(11)27-16/h1-4,7-8,10H,5-6,9H2,(H2,19,21,22,24). The zero-order valence-electron chi connectivity index (χ0n) is 14.1. The highest BCUT2D eigenvalue weighted by atomic mass is 32.1. The van der Waals surface area contributed by atoms with Crippen molar-refractivity contribution in [1.82, 2.24) is 15.6 Å². The molecule has 0 bridgehead atoms. The number of esters is 1. The number of urea groups is 1. The molecule has 27 heavy (non-hydrogen) atoms. The Balaban J connectivity index is 1.34. The van der Waals surface area contributed by atoms with Crippen LogP contribution in [0.1, 0.15) is 23.4 Å². The number of fused-ring (bicyclic) bond motifs is 1. The Morgan fingerprint density at radius 1 is 1.19 bits per heavy atom. The molecule has 1 aliphatic carbocycles. The number of nitrogens with one attached hydrogen (secondary N) is 2. The molecule has 0 spiro atoms. The maximum atomic E-state index is 12.0. The van der Waals surface area contributed by atoms with Crippen LogP contribution in [0.4, 0.5) is 4.79 Å². The molecule has 1 saturated carbocycles. The van der Waals surface area contributed by atoms with Gasteiger partial charge in [0.2, 0.25) is 5.76 Å². The summed E-state index contributed by atoms with van der Waals surface area (Å²) in [7, 11) is 0. The zero-order chi connectivity index (χ0) is 18.8. The van der Waals surface area contributed by atoms with Crippen LogP contribution in [0.2, 0.25) is 0 Å². The number of nitrogens with zero attached hydrogens (tertiary/aromatic N) is 1. The number of hydrogen-bond donors (Lipinski definition) is 2. The number of carbonyl (C=O) groups is 3. The molecule has 138 valence electrons. The minimum absolute atomic E-state index is 0.0421. The lowest BCUT2D eigenvalue weighted by atomic mass is 10.3. The number of para-hydroxylation sites is 1. The van der Waals surface area contributed by atoms with Gasteiger partial charge in [-0.3, -0.25) is 10.1 Å². The van der Waals surface area contributed by atoms with Crippen LogP contribution in [0, 0.1) is 0 Å². The summed E-state index contributed by atoms with van der Waals surface area (Å²) in [6.07, 6.45) is 1.82. The molecule has 9 heteroatoms. The summed E-state index contributed by atoms with van der Waals surface area (Å²) in [4.78, 5) is 39.6. The van der Waals surface area contributed by atoms with E-state index < -0.39 is 24.5 Å². The lowest BCUT2D eigenvalue weighted by Gasteiger charge is -2.05. The van der Waals surface area contributed by atoms with Gasteiger partial charge in [-0.2, -0.15) is 0 Å². The molecule has 0 atom stereocenters. The van der Waals surface area contributed by atoms with Gasteiger partial charge in [0.05, 0.1) is 10.2 Å². The van der Waals surface area contributed by atoms with Gasteiger partial charge in [-0.05, 0) is 37.1 Å². The number of hydrogen-bond acceptors (Lipinski definition) is 7. The quantitative estimate of drug-likeness (QED) is 0.654. The fraction of sp³-hybridized carbons (Fsp3) is 0.222. The average molecular weight is 385 g/mol. The van der Waals surface area contributed by atoms with Crippen molar-refractivity contribution in [2.45, 2.75) is 18.9 Å². The second-order valence-corrected chi connectivity index (χ2v) is 7.05. The molecule has 2 aromatic heterocycles. The van der Waals surface area contributed by atoms with Crippen molar-refractivity contribution in [2.75, 3.05) is 6.61 Å². The molecule has 0 aliphatic heterocycles. The Kier molecular flexibility index (Phi) is 4.59. The van der Waals surface area contributed by atoms with E-state index in [1.54, 1.807) is 6.07 Å². The maximum Gasteiger partial charge on any atom is 0.374 e. The van der Waals surface area contributed by atoms with Gasteiger partial charge in [0.1, 0.15) is 0 Å². The maximum absolute atomic E-state index is 12.0. The number of aromatic nitrogens is 1. The average Bonchev–Trinajstić information content (AvgIpc) is 3.17. The number of imide groups is 1. The van der Waals surface area contributed by atoms with E-state index in [9.17, 15) is 14.4 Å². The van der Waals surface area contributed by atoms with E-state index in [-0.39, 0.29) is 11.8 Å². The molecular formula is C18H15N3O5S. The van der Waals surface area contributed by atoms with Gasteiger partial charge in [-0.1, -0.05) is 12.1 Å². The largest absolute Gasteiger partial charge is 0.450 e. The predicted molar refractivity (Wildman–Crippen MR) is 97.3 cm³/mol. The highest BCUT2D eigenvalue weighted by Crippen LogP contribution is 2.31. The van der Waals surface area contributed by atoms with Crippen molar-refractivity contribution in [3.8, 4) is 10.8 Å². The van der Waals surface area contributed by atoms with Crippen molar-refractivity contribution >= 4 is 39.5 Å². The van der Waals surface area contributed by atoms with E-state index in [1.807, 2.05) is 24.3 Å². The summed E-state index contributed by atoms with van der Waals surface area (Å²) in [5.41, 5.74) is 0.846. The number of carbonyl (C=O) groups excluding carboxylic acids is 3. The number of rotatable bonds is 5. The first kappa shape index (κ1) is 17.2. The SMILES string of the molecule is O=C(COC(=O)c1ccc(-c2nc3ccccc3s2)o1)NC(=O)NC1CC1. The highest BCUT2D eigenvalue weighted by molar-refractivity contribution is 7.21. The first-order valence-electron chi connectivity index (χ1n) is 8.32. The number of benzene rings is 1. The predicted octanol–water partition coefficient (Wildman–Crippen LogP) is 2.70. The molecule has 1 aliphatic rings. The molecular weight excluding hydrogens is 370 g/mol. The highest BCUT2D eigenvalue weighted by Gasteiger charge is 2.24. The molecule has 3 amide bonds. The van der Waals surface area contributed by atoms with E-state index in [0.717, 1.165) is 23.1 Å². The zero-order valence-corrected chi connectivity index (χ0v) is 14.9. The topological polar surface area (TPSA) is 111 Å². The van der Waals surface area contributed by atoms with E-state index in [1.165, 1.54) is 17.4 Å². The monoisotopic (exact) mass is 385 g/mol. The van der Waals surface area contributed by atoms with E-state index in [4.69, 9.17) is 9.15 Å². The fourth-order valence-corrected chi connectivity index (χ4v) is 3.28. The molecule has 1 fully saturated rings. The molecule has 4 rings (SSSR count). The summed E-state index contributed by atoms with van der Waals surface area (Å²) in [5.74, 6) is -1.10. The molecule has 3 aromatic rings. The molecule has 8 nitrogen and oxygen atoms in total. The van der Waals surface area contributed by atoms with Crippen LogP contribution in [0.3, 0.4) is 0 Å². The van der Waals surface area contributed by atoms with Crippen LogP contribution in [-0.2, 0) is 9.53 Å². The Morgan fingerprint density at radius 3 is 2.78 bits per heavy atom. The van der Waals surface area contributed by atoms with Crippen LogP contribution in [0.5, 0.6) is 0 Å². The lowest BCUT2D eigenvalue weighted by Crippen LogP contribution is -2.42. The van der Waals surface area contributed by atoms with Crippen LogP contribution in [0.15, 0.2) is 40.8 Å². The van der Waals surface area contributed by atoms with Gasteiger partial charge in [-0.15, -0.1) is 11.3 Å². The molecule has 0 unspecified atom stereocenters. The van der Waals surface area contributed by atoms with Crippen LogP contribution < -0.4 is 10.6 Å². The summed E-state index contributed by atoms with van der Waals surface area (Å²) in [6, 6.07) is 10.3. The van der Waals surface area contributed by atoms with Gasteiger partial charge in [-0.25, -0.2) is 14.6 Å². The number of furan rings is 1. The Bertz CT molecular complexity index is 988. The third kappa shape index (κ3) is 4.14. The van der Waals surface area contributed by atoms with E-state index in [0.29, 0.717) is 10.8 Å².